The van der Waals surface area contributed by atoms with E-state index in [-0.39, 0.29) is 0 Å². The Kier molecular flexibility index (Phi) is 5.54. The molecule has 7 heteroatoms. The first-order valence-electron chi connectivity index (χ1n) is 11.8. The molecule has 4 aromatic rings. The number of hydrogen-bond acceptors (Lipinski definition) is 5. The van der Waals surface area contributed by atoms with Gasteiger partial charge in [-0.05, 0) is 78.1 Å². The molecule has 6 rings (SSSR count). The van der Waals surface area contributed by atoms with Crippen LogP contribution in [0.3, 0.4) is 0 Å². The molecule has 3 N–H and O–H groups in total. The summed E-state index contributed by atoms with van der Waals surface area (Å²) in [5, 5.41) is 17.8. The number of thiophene rings is 1. The van der Waals surface area contributed by atoms with Gasteiger partial charge in [-0.1, -0.05) is 12.2 Å². The molecular formula is C28H26N6S. The monoisotopic (exact) mass is 478 g/mol. The van der Waals surface area contributed by atoms with Crippen LogP contribution in [0.4, 0.5) is 5.69 Å². The van der Waals surface area contributed by atoms with Gasteiger partial charge in [0.1, 0.15) is 5.69 Å². The topological polar surface area (TPSA) is 81.8 Å². The lowest BCUT2D eigenvalue weighted by Crippen LogP contribution is -2.23. The van der Waals surface area contributed by atoms with Crippen LogP contribution in [0.25, 0.3) is 34.7 Å². The van der Waals surface area contributed by atoms with Crippen molar-refractivity contribution in [3.05, 3.63) is 86.5 Å². The summed E-state index contributed by atoms with van der Waals surface area (Å²) in [6.07, 6.45) is 15.3. The molecule has 0 atom stereocenters. The van der Waals surface area contributed by atoms with E-state index in [2.05, 4.69) is 92.5 Å². The van der Waals surface area contributed by atoms with Gasteiger partial charge < -0.3 is 10.3 Å². The van der Waals surface area contributed by atoms with Gasteiger partial charge in [0.15, 0.2) is 0 Å². The lowest BCUT2D eigenvalue weighted by molar-refractivity contribution is 0.897. The van der Waals surface area contributed by atoms with Crippen LogP contribution in [0.1, 0.15) is 42.7 Å². The van der Waals surface area contributed by atoms with Gasteiger partial charge >= 0.3 is 0 Å². The molecule has 0 aromatic carbocycles. The van der Waals surface area contributed by atoms with Crippen LogP contribution in [-0.4, -0.2) is 32.4 Å². The van der Waals surface area contributed by atoms with Crippen LogP contribution >= 0.6 is 11.3 Å². The molecule has 0 bridgehead atoms. The van der Waals surface area contributed by atoms with Crippen molar-refractivity contribution in [2.45, 2.75) is 32.9 Å². The first-order chi connectivity index (χ1) is 17.2. The van der Waals surface area contributed by atoms with Crippen LogP contribution in [0.5, 0.6) is 0 Å². The van der Waals surface area contributed by atoms with Crippen LogP contribution in [0, 0.1) is 0 Å². The van der Waals surface area contributed by atoms with Crippen LogP contribution in [0.15, 0.2) is 58.5 Å². The zero-order chi connectivity index (χ0) is 23.8. The number of nitrogens with zero attached hydrogens (tertiary/aromatic N) is 3. The van der Waals surface area contributed by atoms with E-state index in [9.17, 15) is 0 Å². The molecule has 0 unspecified atom stereocenters. The van der Waals surface area contributed by atoms with Crippen molar-refractivity contribution in [3.8, 4) is 11.4 Å². The Balaban J connectivity index is 1.43. The molecule has 2 aliphatic rings. The second-order valence-electron chi connectivity index (χ2n) is 9.06. The molecule has 0 amide bonds. The summed E-state index contributed by atoms with van der Waals surface area (Å²) in [4.78, 5) is 12.6. The number of pyridine rings is 1. The van der Waals surface area contributed by atoms with Gasteiger partial charge in [-0.25, -0.2) is 0 Å². The summed E-state index contributed by atoms with van der Waals surface area (Å²) in [7, 11) is 0. The first kappa shape index (κ1) is 21.6. The predicted molar refractivity (Wildman–Crippen MR) is 146 cm³/mol. The molecule has 6 nitrogen and oxygen atoms in total. The number of rotatable bonds is 5. The van der Waals surface area contributed by atoms with E-state index < -0.39 is 0 Å². The Morgan fingerprint density at radius 1 is 1.11 bits per heavy atom. The van der Waals surface area contributed by atoms with E-state index >= 15 is 0 Å². The van der Waals surface area contributed by atoms with Gasteiger partial charge in [0.2, 0.25) is 0 Å². The van der Waals surface area contributed by atoms with Gasteiger partial charge in [-0.2, -0.15) is 16.4 Å². The van der Waals surface area contributed by atoms with Crippen molar-refractivity contribution in [1.29, 1.82) is 0 Å². The predicted octanol–water partition coefficient (Wildman–Crippen LogP) is 4.75. The smallest absolute Gasteiger partial charge is 0.116 e. The fraction of sp³-hybridized carbons (Fsp3) is 0.179. The average Bonchev–Trinajstić information content (AvgIpc) is 3.54. The van der Waals surface area contributed by atoms with Crippen molar-refractivity contribution >= 4 is 46.5 Å². The van der Waals surface area contributed by atoms with Crippen molar-refractivity contribution in [2.24, 2.45) is 4.99 Å². The van der Waals surface area contributed by atoms with Crippen molar-refractivity contribution < 1.29 is 0 Å². The molecule has 5 heterocycles. The van der Waals surface area contributed by atoms with Crippen LogP contribution in [0.2, 0.25) is 0 Å². The Morgan fingerprint density at radius 2 is 2.06 bits per heavy atom. The maximum absolute atomic E-state index is 4.72. The summed E-state index contributed by atoms with van der Waals surface area (Å²) < 4.78 is 0. The number of aliphatic imine (C=N–C) groups is 1. The molecule has 1 aliphatic carbocycles. The molecule has 1 aliphatic heterocycles. The number of H-pyrrole nitrogens is 2. The quantitative estimate of drug-likeness (QED) is 0.387. The maximum Gasteiger partial charge on any atom is 0.116 e. The molecule has 0 saturated carbocycles. The third-order valence-electron chi connectivity index (χ3n) is 6.19. The summed E-state index contributed by atoms with van der Waals surface area (Å²) in [6.45, 7) is 4.88. The van der Waals surface area contributed by atoms with Gasteiger partial charge in [-0.15, -0.1) is 0 Å². The highest BCUT2D eigenvalue weighted by Gasteiger charge is 2.18. The summed E-state index contributed by atoms with van der Waals surface area (Å²) in [5.41, 5.74) is 9.83. The highest BCUT2D eigenvalue weighted by Crippen LogP contribution is 2.32. The van der Waals surface area contributed by atoms with E-state index in [0.717, 1.165) is 50.9 Å². The molecule has 174 valence electrons. The van der Waals surface area contributed by atoms with E-state index in [1.807, 2.05) is 18.6 Å². The standard InChI is InChI=1S/C28H26N6S/c1-17(2)31-21-10-20(13-30-14-21)18-4-3-5-25-24(11-18)28(34-33-25)26-12-23-22(19-7-9-35-16-19)6-8-29-15-27(23)32-26/h4-14,16-17,31-33H,3,15H2,1-2H3. The third-order valence-corrected chi connectivity index (χ3v) is 6.88. The minimum absolute atomic E-state index is 0.347. The van der Waals surface area contributed by atoms with E-state index in [4.69, 9.17) is 5.10 Å². The molecule has 0 saturated heterocycles. The number of fused-ring (bicyclic) bond motifs is 2. The molecule has 4 aromatic heterocycles. The summed E-state index contributed by atoms with van der Waals surface area (Å²) in [5.74, 6) is 0. The van der Waals surface area contributed by atoms with Gasteiger partial charge in [-0.3, -0.25) is 15.1 Å². The molecule has 35 heavy (non-hydrogen) atoms. The fourth-order valence-electron chi connectivity index (χ4n) is 4.62. The van der Waals surface area contributed by atoms with Crippen molar-refractivity contribution in [2.75, 3.05) is 5.32 Å². The largest absolute Gasteiger partial charge is 0.382 e. The zero-order valence-corrected chi connectivity index (χ0v) is 20.5. The van der Waals surface area contributed by atoms with Crippen molar-refractivity contribution in [1.82, 2.24) is 20.2 Å². The highest BCUT2D eigenvalue weighted by atomic mass is 32.1. The van der Waals surface area contributed by atoms with Gasteiger partial charge in [0.25, 0.3) is 0 Å². The molecular weight excluding hydrogens is 452 g/mol. The van der Waals surface area contributed by atoms with Gasteiger partial charge in [0, 0.05) is 46.7 Å². The lowest BCUT2D eigenvalue weighted by Gasteiger charge is -2.11. The number of hydrogen-bond donors (Lipinski definition) is 3. The van der Waals surface area contributed by atoms with Crippen molar-refractivity contribution in [3.63, 3.8) is 0 Å². The third kappa shape index (κ3) is 4.19. The molecule has 0 radical (unpaired) electrons. The number of aromatic nitrogens is 4. The maximum atomic E-state index is 4.72. The second-order valence-corrected chi connectivity index (χ2v) is 9.84. The SMILES string of the molecule is CC(C)Nc1cncc(C2=CCC=c3[nH]nc(-c4cc5c([nH]4)CN=CC=C5c4ccsc4)c3=C2)c1. The number of aromatic amines is 2. The number of anilines is 1. The Morgan fingerprint density at radius 3 is 2.91 bits per heavy atom. The molecule has 0 spiro atoms. The minimum Gasteiger partial charge on any atom is -0.382 e. The average molecular weight is 479 g/mol. The first-order valence-corrected chi connectivity index (χ1v) is 12.7. The Labute approximate surface area is 207 Å². The summed E-state index contributed by atoms with van der Waals surface area (Å²) in [6, 6.07) is 6.87. The van der Waals surface area contributed by atoms with E-state index in [0.29, 0.717) is 12.6 Å². The summed E-state index contributed by atoms with van der Waals surface area (Å²) >= 11 is 1.70. The second kappa shape index (κ2) is 9.00. The Bertz CT molecular complexity index is 1590. The highest BCUT2D eigenvalue weighted by molar-refractivity contribution is 7.08. The zero-order valence-electron chi connectivity index (χ0n) is 19.7. The van der Waals surface area contributed by atoms with E-state index in [1.165, 1.54) is 16.7 Å². The fourth-order valence-corrected chi connectivity index (χ4v) is 5.28. The lowest BCUT2D eigenvalue weighted by atomic mass is 10.00. The number of nitrogens with one attached hydrogen (secondary N) is 3. The normalized spacial score (nSPS) is 14.7. The van der Waals surface area contributed by atoms with Crippen LogP contribution in [-0.2, 0) is 6.54 Å². The Hall–Kier alpha value is -3.97. The number of allylic oxidation sites excluding steroid dienone is 3. The van der Waals surface area contributed by atoms with Gasteiger partial charge in [0.05, 0.1) is 23.3 Å². The van der Waals surface area contributed by atoms with Crippen LogP contribution < -0.4 is 15.9 Å². The molecule has 0 fully saturated rings. The minimum atomic E-state index is 0.347. The van der Waals surface area contributed by atoms with E-state index in [1.54, 1.807) is 11.3 Å².